The number of aromatic nitrogens is 3. The molecule has 2 rings (SSSR count). The molecule has 8 heteroatoms. The molecule has 0 aliphatic heterocycles. The molecular formula is C16H19Cl2N3O3. The standard InChI is InChI=1S/C16H19Cl2N3O3/c1-3-24-16(23)15-19-9-21(20-15)13(10(2)22)8-7-11-5-4-6-12(17)14(11)18/h4-6,9-10,13,22H,3,7-8H2,1-2H3/t10-,13+/m0/s1. The fraction of sp³-hybridized carbons (Fsp3) is 0.438. The van der Waals surface area contributed by atoms with Crippen molar-refractivity contribution in [1.82, 2.24) is 14.8 Å². The Morgan fingerprint density at radius 1 is 1.42 bits per heavy atom. The second kappa shape index (κ2) is 8.46. The number of halogens is 2. The largest absolute Gasteiger partial charge is 0.460 e. The van der Waals surface area contributed by atoms with Gasteiger partial charge in [0.15, 0.2) is 0 Å². The summed E-state index contributed by atoms with van der Waals surface area (Å²) in [5.74, 6) is -0.609. The minimum atomic E-state index is -0.681. The highest BCUT2D eigenvalue weighted by Gasteiger charge is 2.21. The van der Waals surface area contributed by atoms with Crippen molar-refractivity contribution in [3.05, 3.63) is 46.0 Å². The van der Waals surface area contributed by atoms with Crippen LogP contribution in [-0.4, -0.2) is 38.6 Å². The normalized spacial score (nSPS) is 13.5. The Hall–Kier alpha value is -1.63. The quantitative estimate of drug-likeness (QED) is 0.755. The molecule has 6 nitrogen and oxygen atoms in total. The van der Waals surface area contributed by atoms with Gasteiger partial charge in [0.05, 0.1) is 28.8 Å². The summed E-state index contributed by atoms with van der Waals surface area (Å²) in [6.45, 7) is 3.62. The fourth-order valence-corrected chi connectivity index (χ4v) is 2.78. The molecule has 0 aliphatic rings. The number of hydrogen-bond acceptors (Lipinski definition) is 5. The summed E-state index contributed by atoms with van der Waals surface area (Å²) in [6.07, 6.45) is 1.90. The average Bonchev–Trinajstić information content (AvgIpc) is 3.01. The first-order valence-electron chi connectivity index (χ1n) is 7.63. The highest BCUT2D eigenvalue weighted by atomic mass is 35.5. The maximum Gasteiger partial charge on any atom is 0.378 e. The van der Waals surface area contributed by atoms with Crippen molar-refractivity contribution in [2.24, 2.45) is 0 Å². The van der Waals surface area contributed by atoms with Crippen LogP contribution in [0.4, 0.5) is 0 Å². The lowest BCUT2D eigenvalue weighted by Gasteiger charge is -2.20. The van der Waals surface area contributed by atoms with Crippen molar-refractivity contribution in [3.8, 4) is 0 Å². The van der Waals surface area contributed by atoms with Gasteiger partial charge in [-0.3, -0.25) is 0 Å². The number of aryl methyl sites for hydroxylation is 1. The number of esters is 1. The monoisotopic (exact) mass is 371 g/mol. The molecular weight excluding hydrogens is 353 g/mol. The molecule has 130 valence electrons. The van der Waals surface area contributed by atoms with Crippen molar-refractivity contribution in [3.63, 3.8) is 0 Å². The summed E-state index contributed by atoms with van der Waals surface area (Å²) >= 11 is 12.2. The van der Waals surface area contributed by atoms with Crippen molar-refractivity contribution < 1.29 is 14.6 Å². The Morgan fingerprint density at radius 2 is 2.17 bits per heavy atom. The van der Waals surface area contributed by atoms with Crippen molar-refractivity contribution >= 4 is 29.2 Å². The number of benzene rings is 1. The van der Waals surface area contributed by atoms with E-state index in [2.05, 4.69) is 10.1 Å². The third kappa shape index (κ3) is 4.47. The molecule has 0 fully saturated rings. The number of nitrogens with zero attached hydrogens (tertiary/aromatic N) is 3. The van der Waals surface area contributed by atoms with Crippen LogP contribution in [0.3, 0.4) is 0 Å². The zero-order chi connectivity index (χ0) is 17.7. The molecule has 0 amide bonds. The molecule has 0 aliphatic carbocycles. The van der Waals surface area contributed by atoms with E-state index >= 15 is 0 Å². The summed E-state index contributed by atoms with van der Waals surface area (Å²) in [5.41, 5.74) is 0.889. The van der Waals surface area contributed by atoms with Crippen LogP contribution in [0.2, 0.25) is 10.0 Å². The zero-order valence-electron chi connectivity index (χ0n) is 13.4. The smallest absolute Gasteiger partial charge is 0.378 e. The van der Waals surface area contributed by atoms with E-state index in [0.717, 1.165) is 5.56 Å². The molecule has 0 radical (unpaired) electrons. The molecule has 1 N–H and O–H groups in total. The van der Waals surface area contributed by atoms with E-state index in [1.807, 2.05) is 12.1 Å². The van der Waals surface area contributed by atoms with Crippen LogP contribution in [0, 0.1) is 0 Å². The van der Waals surface area contributed by atoms with E-state index < -0.39 is 12.1 Å². The first-order chi connectivity index (χ1) is 11.4. The Kier molecular flexibility index (Phi) is 6.60. The third-order valence-electron chi connectivity index (χ3n) is 3.60. The second-order valence-corrected chi connectivity index (χ2v) is 6.11. The number of carbonyl (C=O) groups is 1. The number of carbonyl (C=O) groups excluding carboxylic acids is 1. The first kappa shape index (κ1) is 18.7. The summed E-state index contributed by atoms with van der Waals surface area (Å²) < 4.78 is 6.35. The molecule has 24 heavy (non-hydrogen) atoms. The maximum absolute atomic E-state index is 11.7. The summed E-state index contributed by atoms with van der Waals surface area (Å²) in [5, 5.41) is 15.2. The van der Waals surface area contributed by atoms with Crippen LogP contribution < -0.4 is 0 Å². The minimum Gasteiger partial charge on any atom is -0.460 e. The molecule has 0 spiro atoms. The van der Waals surface area contributed by atoms with Crippen molar-refractivity contribution in [2.45, 2.75) is 38.8 Å². The topological polar surface area (TPSA) is 77.2 Å². The van der Waals surface area contributed by atoms with E-state index in [1.165, 1.54) is 11.0 Å². The van der Waals surface area contributed by atoms with Gasteiger partial charge in [0.25, 0.3) is 5.82 Å². The molecule has 0 unspecified atom stereocenters. The highest BCUT2D eigenvalue weighted by molar-refractivity contribution is 6.42. The number of aliphatic hydroxyl groups excluding tert-OH is 1. The molecule has 1 aromatic heterocycles. The predicted octanol–water partition coefficient (Wildman–Crippen LogP) is 3.32. The molecule has 0 saturated carbocycles. The van der Waals surface area contributed by atoms with Gasteiger partial charge in [-0.25, -0.2) is 14.5 Å². The van der Waals surface area contributed by atoms with Crippen LogP contribution in [0.15, 0.2) is 24.5 Å². The van der Waals surface area contributed by atoms with Gasteiger partial charge in [0, 0.05) is 0 Å². The number of aliphatic hydroxyl groups is 1. The Morgan fingerprint density at radius 3 is 2.83 bits per heavy atom. The van der Waals surface area contributed by atoms with Gasteiger partial charge < -0.3 is 9.84 Å². The maximum atomic E-state index is 11.7. The lowest BCUT2D eigenvalue weighted by Crippen LogP contribution is -2.23. The van der Waals surface area contributed by atoms with E-state index in [1.54, 1.807) is 19.9 Å². The first-order valence-corrected chi connectivity index (χ1v) is 8.38. The van der Waals surface area contributed by atoms with Crippen LogP contribution in [-0.2, 0) is 11.2 Å². The van der Waals surface area contributed by atoms with Gasteiger partial charge in [-0.05, 0) is 38.3 Å². The summed E-state index contributed by atoms with van der Waals surface area (Å²) in [7, 11) is 0. The lowest BCUT2D eigenvalue weighted by atomic mass is 10.0. The predicted molar refractivity (Wildman–Crippen MR) is 91.5 cm³/mol. The summed E-state index contributed by atoms with van der Waals surface area (Å²) in [6, 6.07) is 5.09. The number of hydrogen-bond donors (Lipinski definition) is 1. The van der Waals surface area contributed by atoms with E-state index in [-0.39, 0.29) is 18.5 Å². The Bertz CT molecular complexity index is 704. The van der Waals surface area contributed by atoms with Gasteiger partial charge >= 0.3 is 5.97 Å². The van der Waals surface area contributed by atoms with E-state index in [0.29, 0.717) is 22.9 Å². The third-order valence-corrected chi connectivity index (χ3v) is 4.46. The fourth-order valence-electron chi connectivity index (χ4n) is 2.36. The number of ether oxygens (including phenoxy) is 1. The van der Waals surface area contributed by atoms with Crippen molar-refractivity contribution in [2.75, 3.05) is 6.61 Å². The van der Waals surface area contributed by atoms with Gasteiger partial charge in [-0.2, -0.15) is 0 Å². The van der Waals surface area contributed by atoms with Crippen molar-refractivity contribution in [1.29, 1.82) is 0 Å². The van der Waals surface area contributed by atoms with Gasteiger partial charge in [0.1, 0.15) is 6.33 Å². The molecule has 0 saturated heterocycles. The SMILES string of the molecule is CCOC(=O)c1ncn([C@H](CCc2cccc(Cl)c2Cl)[C@H](C)O)n1. The van der Waals surface area contributed by atoms with Crippen LogP contribution in [0.5, 0.6) is 0 Å². The van der Waals surface area contributed by atoms with Gasteiger partial charge in [-0.1, -0.05) is 35.3 Å². The van der Waals surface area contributed by atoms with Gasteiger partial charge in [0.2, 0.25) is 0 Å². The highest BCUT2D eigenvalue weighted by Crippen LogP contribution is 2.28. The minimum absolute atomic E-state index is 0.0247. The average molecular weight is 372 g/mol. The van der Waals surface area contributed by atoms with Crippen LogP contribution in [0.25, 0.3) is 0 Å². The van der Waals surface area contributed by atoms with Crippen LogP contribution in [0.1, 0.15) is 42.5 Å². The molecule has 2 aromatic rings. The Labute approximate surface area is 150 Å². The van der Waals surface area contributed by atoms with E-state index in [9.17, 15) is 9.90 Å². The second-order valence-electron chi connectivity index (χ2n) is 5.33. The summed E-state index contributed by atoms with van der Waals surface area (Å²) in [4.78, 5) is 15.6. The molecule has 2 atom stereocenters. The molecule has 0 bridgehead atoms. The zero-order valence-corrected chi connectivity index (χ0v) is 15.0. The van der Waals surface area contributed by atoms with E-state index in [4.69, 9.17) is 27.9 Å². The van der Waals surface area contributed by atoms with Gasteiger partial charge in [-0.15, -0.1) is 5.10 Å². The van der Waals surface area contributed by atoms with Crippen LogP contribution >= 0.6 is 23.2 Å². The Balaban J connectivity index is 2.12. The lowest BCUT2D eigenvalue weighted by molar-refractivity contribution is 0.0509. The number of rotatable bonds is 7. The molecule has 1 aromatic carbocycles. The molecule has 1 heterocycles.